The van der Waals surface area contributed by atoms with Gasteiger partial charge in [-0.15, -0.1) is 0 Å². The van der Waals surface area contributed by atoms with Crippen molar-refractivity contribution in [1.82, 2.24) is 9.80 Å². The summed E-state index contributed by atoms with van der Waals surface area (Å²) in [5.41, 5.74) is 1.05. The Bertz CT molecular complexity index is 1100. The van der Waals surface area contributed by atoms with Crippen molar-refractivity contribution in [3.63, 3.8) is 0 Å². The normalized spacial score (nSPS) is 17.1. The molecule has 2 saturated heterocycles. The molecule has 0 bridgehead atoms. The number of benzene rings is 2. The second-order valence-corrected chi connectivity index (χ2v) is 8.54. The standard InChI is InChI=1S/C24H22N2O6S/c1-31-18-10-6-17(7-11-18)23(29)32-19-8-4-16(5-9-19)14-20-22(28)26(24(30)33-20)15-21(27)25-12-2-3-13-25/h4-11,14H,2-3,12-13,15H2,1H3/b20-14+. The summed E-state index contributed by atoms with van der Waals surface area (Å²) in [5.74, 6) is -0.209. The number of esters is 1. The number of rotatable bonds is 6. The first kappa shape index (κ1) is 22.6. The number of hydrogen-bond donors (Lipinski definition) is 0. The summed E-state index contributed by atoms with van der Waals surface area (Å²) in [7, 11) is 1.55. The topological polar surface area (TPSA) is 93.2 Å². The van der Waals surface area contributed by atoms with Crippen LogP contribution in [0.1, 0.15) is 28.8 Å². The molecule has 0 saturated carbocycles. The Hall–Kier alpha value is -3.59. The van der Waals surface area contributed by atoms with Gasteiger partial charge in [-0.2, -0.15) is 0 Å². The van der Waals surface area contributed by atoms with E-state index in [1.807, 2.05) is 0 Å². The Kier molecular flexibility index (Phi) is 6.79. The van der Waals surface area contributed by atoms with Gasteiger partial charge < -0.3 is 14.4 Å². The van der Waals surface area contributed by atoms with Gasteiger partial charge in [0.25, 0.3) is 11.1 Å². The number of amides is 3. The highest BCUT2D eigenvalue weighted by atomic mass is 32.2. The third-order valence-corrected chi connectivity index (χ3v) is 6.25. The van der Waals surface area contributed by atoms with E-state index in [4.69, 9.17) is 9.47 Å². The first-order valence-electron chi connectivity index (χ1n) is 10.4. The molecule has 2 fully saturated rings. The first-order chi connectivity index (χ1) is 15.9. The van der Waals surface area contributed by atoms with Crippen molar-refractivity contribution < 1.29 is 28.7 Å². The van der Waals surface area contributed by atoms with Crippen molar-refractivity contribution in [2.24, 2.45) is 0 Å². The molecule has 33 heavy (non-hydrogen) atoms. The highest BCUT2D eigenvalue weighted by molar-refractivity contribution is 8.18. The molecule has 3 amide bonds. The predicted molar refractivity (Wildman–Crippen MR) is 123 cm³/mol. The molecular weight excluding hydrogens is 444 g/mol. The first-order valence-corrected chi connectivity index (χ1v) is 11.3. The maximum atomic E-state index is 12.7. The van der Waals surface area contributed by atoms with Crippen LogP contribution in [0.2, 0.25) is 0 Å². The van der Waals surface area contributed by atoms with Gasteiger partial charge in [0.2, 0.25) is 5.91 Å². The van der Waals surface area contributed by atoms with E-state index in [2.05, 4.69) is 0 Å². The minimum absolute atomic E-state index is 0.209. The smallest absolute Gasteiger partial charge is 0.343 e. The number of thioether (sulfide) groups is 1. The lowest BCUT2D eigenvalue weighted by Crippen LogP contribution is -2.40. The molecule has 0 N–H and O–H groups in total. The number of methoxy groups -OCH3 is 1. The average Bonchev–Trinajstić information content (AvgIpc) is 3.45. The highest BCUT2D eigenvalue weighted by Crippen LogP contribution is 2.32. The molecule has 2 aromatic carbocycles. The van der Waals surface area contributed by atoms with Gasteiger partial charge in [-0.25, -0.2) is 4.79 Å². The van der Waals surface area contributed by atoms with Crippen LogP contribution in [0.25, 0.3) is 6.08 Å². The zero-order valence-corrected chi connectivity index (χ0v) is 18.8. The molecule has 2 aliphatic heterocycles. The van der Waals surface area contributed by atoms with E-state index < -0.39 is 17.1 Å². The monoisotopic (exact) mass is 466 g/mol. The number of nitrogens with zero attached hydrogens (tertiary/aromatic N) is 2. The highest BCUT2D eigenvalue weighted by Gasteiger charge is 2.37. The number of hydrogen-bond acceptors (Lipinski definition) is 7. The zero-order chi connectivity index (χ0) is 23.4. The molecule has 0 atom stereocenters. The van der Waals surface area contributed by atoms with Crippen LogP contribution in [-0.2, 0) is 9.59 Å². The van der Waals surface area contributed by atoms with Crippen molar-refractivity contribution in [3.8, 4) is 11.5 Å². The van der Waals surface area contributed by atoms with Gasteiger partial charge in [0.1, 0.15) is 18.0 Å². The fourth-order valence-corrected chi connectivity index (χ4v) is 4.35. The van der Waals surface area contributed by atoms with Gasteiger partial charge in [-0.3, -0.25) is 19.3 Å². The van der Waals surface area contributed by atoms with Crippen LogP contribution in [0.5, 0.6) is 11.5 Å². The van der Waals surface area contributed by atoms with E-state index in [-0.39, 0.29) is 17.4 Å². The second-order valence-electron chi connectivity index (χ2n) is 7.54. The van der Waals surface area contributed by atoms with Crippen molar-refractivity contribution in [3.05, 3.63) is 64.6 Å². The fourth-order valence-electron chi connectivity index (χ4n) is 3.51. The molecule has 8 nitrogen and oxygen atoms in total. The molecule has 4 rings (SSSR count). The van der Waals surface area contributed by atoms with Crippen molar-refractivity contribution in [1.29, 1.82) is 0 Å². The van der Waals surface area contributed by atoms with Gasteiger partial charge >= 0.3 is 5.97 Å². The number of ether oxygens (including phenoxy) is 2. The quantitative estimate of drug-likeness (QED) is 0.365. The predicted octanol–water partition coefficient (Wildman–Crippen LogP) is 3.57. The van der Waals surface area contributed by atoms with Crippen LogP contribution in [0.4, 0.5) is 4.79 Å². The van der Waals surface area contributed by atoms with E-state index in [1.165, 1.54) is 0 Å². The Morgan fingerprint density at radius 1 is 0.970 bits per heavy atom. The molecular formula is C24H22N2O6S. The molecule has 0 spiro atoms. The summed E-state index contributed by atoms with van der Waals surface area (Å²) in [5, 5.41) is -0.455. The molecule has 0 aliphatic carbocycles. The summed E-state index contributed by atoms with van der Waals surface area (Å²) in [6, 6.07) is 13.1. The number of carbonyl (C=O) groups is 4. The average molecular weight is 467 g/mol. The summed E-state index contributed by atoms with van der Waals surface area (Å²) >= 11 is 0.808. The van der Waals surface area contributed by atoms with E-state index in [9.17, 15) is 19.2 Å². The van der Waals surface area contributed by atoms with E-state index >= 15 is 0 Å². The SMILES string of the molecule is COc1ccc(C(=O)Oc2ccc(/C=C3/SC(=O)N(CC(=O)N4CCCC4)C3=O)cc2)cc1. The van der Waals surface area contributed by atoms with Crippen LogP contribution in [-0.4, -0.2) is 59.6 Å². The third kappa shape index (κ3) is 5.25. The molecule has 0 aromatic heterocycles. The molecule has 170 valence electrons. The van der Waals surface area contributed by atoms with Gasteiger partial charge in [-0.05, 0) is 72.6 Å². The Morgan fingerprint density at radius 2 is 1.61 bits per heavy atom. The van der Waals surface area contributed by atoms with Crippen LogP contribution in [0.3, 0.4) is 0 Å². The molecule has 2 aliphatic rings. The minimum atomic E-state index is -0.505. The molecule has 2 aromatic rings. The van der Waals surface area contributed by atoms with Crippen LogP contribution in [0.15, 0.2) is 53.4 Å². The van der Waals surface area contributed by atoms with Gasteiger partial charge in [0.15, 0.2) is 0 Å². The van der Waals surface area contributed by atoms with Gasteiger partial charge in [-0.1, -0.05) is 12.1 Å². The Balaban J connectivity index is 1.38. The zero-order valence-electron chi connectivity index (χ0n) is 18.0. The Morgan fingerprint density at radius 3 is 2.24 bits per heavy atom. The lowest BCUT2D eigenvalue weighted by Gasteiger charge is -2.18. The molecule has 9 heteroatoms. The maximum absolute atomic E-state index is 12.7. The lowest BCUT2D eigenvalue weighted by molar-refractivity contribution is -0.135. The lowest BCUT2D eigenvalue weighted by atomic mass is 10.2. The van der Waals surface area contributed by atoms with Crippen LogP contribution in [0, 0.1) is 0 Å². The van der Waals surface area contributed by atoms with Crippen molar-refractivity contribution in [2.45, 2.75) is 12.8 Å². The molecule has 0 unspecified atom stereocenters. The molecule has 2 heterocycles. The number of imide groups is 1. The van der Waals surface area contributed by atoms with Gasteiger partial charge in [0.05, 0.1) is 17.6 Å². The molecule has 0 radical (unpaired) electrons. The number of likely N-dealkylation sites (tertiary alicyclic amines) is 1. The van der Waals surface area contributed by atoms with E-state index in [1.54, 1.807) is 66.6 Å². The van der Waals surface area contributed by atoms with E-state index in [0.717, 1.165) is 29.5 Å². The maximum Gasteiger partial charge on any atom is 0.343 e. The summed E-state index contributed by atoms with van der Waals surface area (Å²) in [4.78, 5) is 52.4. The van der Waals surface area contributed by atoms with Crippen molar-refractivity contribution >= 4 is 40.9 Å². The number of carbonyl (C=O) groups excluding carboxylic acids is 4. The fraction of sp³-hybridized carbons (Fsp3) is 0.250. The third-order valence-electron chi connectivity index (χ3n) is 5.34. The van der Waals surface area contributed by atoms with Crippen LogP contribution < -0.4 is 9.47 Å². The summed E-state index contributed by atoms with van der Waals surface area (Å²) in [6.07, 6.45) is 3.47. The van der Waals surface area contributed by atoms with E-state index in [0.29, 0.717) is 35.7 Å². The summed E-state index contributed by atoms with van der Waals surface area (Å²) < 4.78 is 10.4. The van der Waals surface area contributed by atoms with Crippen LogP contribution >= 0.6 is 11.8 Å². The van der Waals surface area contributed by atoms with Gasteiger partial charge in [0, 0.05) is 13.1 Å². The largest absolute Gasteiger partial charge is 0.497 e. The minimum Gasteiger partial charge on any atom is -0.497 e. The van der Waals surface area contributed by atoms with Crippen molar-refractivity contribution in [2.75, 3.05) is 26.7 Å². The summed E-state index contributed by atoms with van der Waals surface area (Å²) in [6.45, 7) is 1.10. The Labute approximate surface area is 195 Å². The second kappa shape index (κ2) is 9.91.